The van der Waals surface area contributed by atoms with Crippen LogP contribution in [0.5, 0.6) is 0 Å². The summed E-state index contributed by atoms with van der Waals surface area (Å²) < 4.78 is 5.84. The number of benzene rings is 1. The SMILES string of the molecule is Cc1ccc([C@H](C)N(C)C(=O)Nc2ccccc2N2C[C@@H](C)O[C@@H](C)C2)s1. The van der Waals surface area contributed by atoms with Crippen LogP contribution in [0.1, 0.15) is 36.6 Å². The first-order chi connectivity index (χ1) is 12.8. The summed E-state index contributed by atoms with van der Waals surface area (Å²) in [6.45, 7) is 9.95. The van der Waals surface area contributed by atoms with Crippen LogP contribution in [0.25, 0.3) is 0 Å². The van der Waals surface area contributed by atoms with E-state index in [1.54, 1.807) is 16.2 Å². The third-order valence-electron chi connectivity index (χ3n) is 4.98. The number of para-hydroxylation sites is 2. The molecule has 0 spiro atoms. The van der Waals surface area contributed by atoms with Gasteiger partial charge in [0.05, 0.1) is 29.6 Å². The van der Waals surface area contributed by atoms with Gasteiger partial charge in [-0.25, -0.2) is 4.79 Å². The van der Waals surface area contributed by atoms with Crippen LogP contribution in [0.15, 0.2) is 36.4 Å². The number of hydrogen-bond acceptors (Lipinski definition) is 4. The minimum absolute atomic E-state index is 0.0271. The maximum absolute atomic E-state index is 12.9. The Morgan fingerprint density at radius 2 is 1.89 bits per heavy atom. The second-order valence-corrected chi connectivity index (χ2v) is 8.66. The van der Waals surface area contributed by atoms with Crippen LogP contribution in [-0.4, -0.2) is 43.3 Å². The zero-order valence-corrected chi connectivity index (χ0v) is 17.5. The van der Waals surface area contributed by atoms with Crippen LogP contribution in [0.4, 0.5) is 16.2 Å². The highest BCUT2D eigenvalue weighted by Gasteiger charge is 2.25. The van der Waals surface area contributed by atoms with Crippen LogP contribution in [-0.2, 0) is 4.74 Å². The third kappa shape index (κ3) is 4.62. The Morgan fingerprint density at radius 1 is 1.22 bits per heavy atom. The van der Waals surface area contributed by atoms with Gasteiger partial charge in [-0.3, -0.25) is 0 Å². The smallest absolute Gasteiger partial charge is 0.322 e. The normalized spacial score (nSPS) is 21.0. The molecule has 1 aromatic heterocycles. The number of morpholine rings is 1. The van der Waals surface area contributed by atoms with Gasteiger partial charge in [0, 0.05) is 29.9 Å². The van der Waals surface area contributed by atoms with Crippen molar-refractivity contribution in [3.8, 4) is 0 Å². The highest BCUT2D eigenvalue weighted by Crippen LogP contribution is 2.30. The van der Waals surface area contributed by atoms with E-state index in [4.69, 9.17) is 4.74 Å². The Bertz CT molecular complexity index is 781. The summed E-state index contributed by atoms with van der Waals surface area (Å²) in [6.07, 6.45) is 0.338. The van der Waals surface area contributed by atoms with E-state index in [9.17, 15) is 4.79 Å². The molecular formula is C21H29N3O2S. The molecule has 6 heteroatoms. The number of ether oxygens (including phenoxy) is 1. The van der Waals surface area contributed by atoms with E-state index < -0.39 is 0 Å². The van der Waals surface area contributed by atoms with Crippen LogP contribution in [0, 0.1) is 6.92 Å². The molecule has 3 rings (SSSR count). The monoisotopic (exact) mass is 387 g/mol. The van der Waals surface area contributed by atoms with E-state index in [2.05, 4.69) is 56.1 Å². The predicted molar refractivity (Wildman–Crippen MR) is 113 cm³/mol. The number of amides is 2. The number of nitrogens with one attached hydrogen (secondary N) is 1. The molecule has 1 N–H and O–H groups in total. The number of thiophene rings is 1. The number of urea groups is 1. The molecule has 0 aliphatic carbocycles. The van der Waals surface area contributed by atoms with Crippen molar-refractivity contribution >= 4 is 28.7 Å². The van der Waals surface area contributed by atoms with Gasteiger partial charge in [0.15, 0.2) is 0 Å². The Balaban J connectivity index is 1.74. The highest BCUT2D eigenvalue weighted by molar-refractivity contribution is 7.12. The number of nitrogens with zero attached hydrogens (tertiary/aromatic N) is 2. The molecule has 5 nitrogen and oxygen atoms in total. The quantitative estimate of drug-likeness (QED) is 0.812. The van der Waals surface area contributed by atoms with Gasteiger partial charge in [-0.1, -0.05) is 12.1 Å². The lowest BCUT2D eigenvalue weighted by molar-refractivity contribution is -0.00517. The molecule has 1 fully saturated rings. The van der Waals surface area contributed by atoms with E-state index in [1.807, 2.05) is 25.2 Å². The van der Waals surface area contributed by atoms with Crippen molar-refractivity contribution in [2.24, 2.45) is 0 Å². The first kappa shape index (κ1) is 19.7. The summed E-state index contributed by atoms with van der Waals surface area (Å²) in [5.41, 5.74) is 1.88. The van der Waals surface area contributed by atoms with Gasteiger partial charge >= 0.3 is 6.03 Å². The molecule has 2 heterocycles. The Morgan fingerprint density at radius 3 is 2.52 bits per heavy atom. The Labute approximate surface area is 165 Å². The lowest BCUT2D eigenvalue weighted by Gasteiger charge is -2.37. The van der Waals surface area contributed by atoms with Crippen molar-refractivity contribution in [1.29, 1.82) is 0 Å². The molecule has 146 valence electrons. The second-order valence-electron chi connectivity index (χ2n) is 7.34. The molecule has 0 unspecified atom stereocenters. The minimum atomic E-state index is -0.102. The molecule has 0 radical (unpaired) electrons. The van der Waals surface area contributed by atoms with Crippen molar-refractivity contribution in [2.75, 3.05) is 30.4 Å². The zero-order chi connectivity index (χ0) is 19.6. The fraction of sp³-hybridized carbons (Fsp3) is 0.476. The Hall–Kier alpha value is -2.05. The molecule has 2 amide bonds. The highest BCUT2D eigenvalue weighted by atomic mass is 32.1. The number of carbonyl (C=O) groups is 1. The summed E-state index contributed by atoms with van der Waals surface area (Å²) in [4.78, 5) is 19.4. The molecule has 0 bridgehead atoms. The second kappa shape index (κ2) is 8.31. The average molecular weight is 388 g/mol. The first-order valence-corrected chi connectivity index (χ1v) is 10.3. The third-order valence-corrected chi connectivity index (χ3v) is 6.15. The molecular weight excluding hydrogens is 358 g/mol. The first-order valence-electron chi connectivity index (χ1n) is 9.44. The lowest BCUT2D eigenvalue weighted by Crippen LogP contribution is -2.46. The van der Waals surface area contributed by atoms with E-state index in [-0.39, 0.29) is 24.3 Å². The van der Waals surface area contributed by atoms with Gasteiger partial charge in [-0.2, -0.15) is 0 Å². The molecule has 1 saturated heterocycles. The molecule has 1 aliphatic heterocycles. The standard InChI is InChI=1S/C21H29N3O2S/c1-14-12-24(13-15(2)26-14)19-9-7-6-8-18(19)22-21(25)23(5)17(4)20-11-10-16(3)27-20/h6-11,14-15,17H,12-13H2,1-5H3,(H,22,25)/t14-,15+,17-/m0/s1. The van der Waals surface area contributed by atoms with Crippen LogP contribution in [0.2, 0.25) is 0 Å². The fourth-order valence-corrected chi connectivity index (χ4v) is 4.45. The number of carbonyl (C=O) groups excluding carboxylic acids is 1. The van der Waals surface area contributed by atoms with Crippen LogP contribution < -0.4 is 10.2 Å². The topological polar surface area (TPSA) is 44.8 Å². The lowest BCUT2D eigenvalue weighted by atomic mass is 10.1. The van der Waals surface area contributed by atoms with Gasteiger partial charge in [-0.05, 0) is 52.0 Å². The van der Waals surface area contributed by atoms with Crippen molar-refractivity contribution < 1.29 is 9.53 Å². The molecule has 2 aromatic rings. The largest absolute Gasteiger partial charge is 0.372 e. The summed E-state index contributed by atoms with van der Waals surface area (Å²) >= 11 is 1.73. The number of aryl methyl sites for hydroxylation is 1. The van der Waals surface area contributed by atoms with E-state index in [0.717, 1.165) is 24.5 Å². The van der Waals surface area contributed by atoms with Gasteiger partial charge in [-0.15, -0.1) is 11.3 Å². The van der Waals surface area contributed by atoms with Crippen molar-refractivity contribution in [3.05, 3.63) is 46.2 Å². The van der Waals surface area contributed by atoms with E-state index >= 15 is 0 Å². The van der Waals surface area contributed by atoms with Crippen LogP contribution >= 0.6 is 11.3 Å². The van der Waals surface area contributed by atoms with Crippen molar-refractivity contribution in [1.82, 2.24) is 4.90 Å². The summed E-state index contributed by atoms with van der Waals surface area (Å²) in [6, 6.07) is 12.1. The van der Waals surface area contributed by atoms with Crippen molar-refractivity contribution in [2.45, 2.75) is 45.9 Å². The molecule has 3 atom stereocenters. The maximum atomic E-state index is 12.9. The molecule has 1 aliphatic rings. The summed E-state index contributed by atoms with van der Waals surface area (Å²) in [5.74, 6) is 0. The predicted octanol–water partition coefficient (Wildman–Crippen LogP) is 4.90. The fourth-order valence-electron chi connectivity index (χ4n) is 3.48. The summed E-state index contributed by atoms with van der Waals surface area (Å²) in [7, 11) is 1.84. The van der Waals surface area contributed by atoms with E-state index in [0.29, 0.717) is 0 Å². The van der Waals surface area contributed by atoms with Gasteiger partial charge < -0.3 is 19.9 Å². The maximum Gasteiger partial charge on any atom is 0.322 e. The zero-order valence-electron chi connectivity index (χ0n) is 16.7. The van der Waals surface area contributed by atoms with E-state index in [1.165, 1.54) is 9.75 Å². The average Bonchev–Trinajstić information content (AvgIpc) is 3.06. The van der Waals surface area contributed by atoms with Gasteiger partial charge in [0.1, 0.15) is 0 Å². The molecule has 1 aromatic carbocycles. The number of hydrogen-bond donors (Lipinski definition) is 1. The van der Waals surface area contributed by atoms with Gasteiger partial charge in [0.2, 0.25) is 0 Å². The number of rotatable bonds is 4. The van der Waals surface area contributed by atoms with Crippen LogP contribution in [0.3, 0.4) is 0 Å². The number of anilines is 2. The summed E-state index contributed by atoms with van der Waals surface area (Å²) in [5, 5.41) is 3.10. The Kier molecular flexibility index (Phi) is 6.07. The molecule has 27 heavy (non-hydrogen) atoms. The van der Waals surface area contributed by atoms with Crippen molar-refractivity contribution in [3.63, 3.8) is 0 Å². The minimum Gasteiger partial charge on any atom is -0.372 e. The molecule has 0 saturated carbocycles. The van der Waals surface area contributed by atoms with Gasteiger partial charge in [0.25, 0.3) is 0 Å².